The molecule has 0 aromatic heterocycles. The lowest BCUT2D eigenvalue weighted by Gasteiger charge is -2.40. The summed E-state index contributed by atoms with van der Waals surface area (Å²) in [6, 6.07) is 5.88. The van der Waals surface area contributed by atoms with Crippen LogP contribution < -0.4 is 5.32 Å². The molecule has 31 heavy (non-hydrogen) atoms. The number of carbonyl (C=O) groups is 2. The molecule has 1 aromatic carbocycles. The van der Waals surface area contributed by atoms with Gasteiger partial charge in [-0.25, -0.2) is 4.79 Å². The van der Waals surface area contributed by atoms with Crippen LogP contribution in [0.3, 0.4) is 0 Å². The highest BCUT2D eigenvalue weighted by molar-refractivity contribution is 8.00. The first-order valence-electron chi connectivity index (χ1n) is 10.4. The molecule has 0 bridgehead atoms. The van der Waals surface area contributed by atoms with Gasteiger partial charge in [-0.1, -0.05) is 25.0 Å². The molecule has 1 aliphatic carbocycles. The molecule has 2 fully saturated rings. The van der Waals surface area contributed by atoms with Crippen LogP contribution in [-0.2, 0) is 4.74 Å². The van der Waals surface area contributed by atoms with Gasteiger partial charge in [-0.15, -0.1) is 11.8 Å². The van der Waals surface area contributed by atoms with E-state index < -0.39 is 48.3 Å². The van der Waals surface area contributed by atoms with Gasteiger partial charge >= 0.3 is 5.97 Å². The summed E-state index contributed by atoms with van der Waals surface area (Å²) in [4.78, 5) is 24.1. The average molecular weight is 456 g/mol. The van der Waals surface area contributed by atoms with E-state index in [2.05, 4.69) is 5.32 Å². The topological polar surface area (TPSA) is 157 Å². The molecule has 1 heterocycles. The van der Waals surface area contributed by atoms with E-state index in [1.807, 2.05) is 0 Å². The molecule has 7 atom stereocenters. The van der Waals surface area contributed by atoms with Gasteiger partial charge in [0, 0.05) is 11.3 Å². The Balaban J connectivity index is 1.65. The second-order valence-electron chi connectivity index (χ2n) is 8.00. The summed E-state index contributed by atoms with van der Waals surface area (Å²) in [5.41, 5.74) is -0.763. The van der Waals surface area contributed by atoms with E-state index in [1.165, 1.54) is 23.9 Å². The van der Waals surface area contributed by atoms with Gasteiger partial charge in [-0.3, -0.25) is 4.79 Å². The Morgan fingerprint density at radius 1 is 1.03 bits per heavy atom. The summed E-state index contributed by atoms with van der Waals surface area (Å²) in [6.07, 6.45) is -1.13. The Kier molecular flexibility index (Phi) is 8.31. The lowest BCUT2D eigenvalue weighted by Crippen LogP contribution is -2.57. The second kappa shape index (κ2) is 10.8. The molecule has 172 valence electrons. The van der Waals surface area contributed by atoms with Crippen molar-refractivity contribution in [3.63, 3.8) is 0 Å². The number of aliphatic hydroxyl groups excluding tert-OH is 4. The Morgan fingerprint density at radius 3 is 2.39 bits per heavy atom. The van der Waals surface area contributed by atoms with Crippen molar-refractivity contribution >= 4 is 23.6 Å². The molecule has 1 amide bonds. The highest BCUT2D eigenvalue weighted by Crippen LogP contribution is 2.36. The van der Waals surface area contributed by atoms with Crippen molar-refractivity contribution in [1.29, 1.82) is 0 Å². The fraction of sp³-hybridized carbons (Fsp3) is 0.619. The highest BCUT2D eigenvalue weighted by Gasteiger charge is 2.44. The van der Waals surface area contributed by atoms with Crippen LogP contribution in [0.25, 0.3) is 0 Å². The van der Waals surface area contributed by atoms with Crippen LogP contribution in [0.1, 0.15) is 52.8 Å². The van der Waals surface area contributed by atoms with Crippen molar-refractivity contribution in [2.24, 2.45) is 0 Å². The molecule has 0 radical (unpaired) electrons. The lowest BCUT2D eigenvalue weighted by atomic mass is 10.0. The zero-order valence-corrected chi connectivity index (χ0v) is 17.8. The monoisotopic (exact) mass is 455 g/mol. The number of benzene rings is 1. The van der Waals surface area contributed by atoms with Crippen LogP contribution in [-0.4, -0.2) is 85.2 Å². The Bertz CT molecular complexity index is 776. The maximum atomic E-state index is 12.7. The zero-order chi connectivity index (χ0) is 22.5. The molecule has 1 saturated carbocycles. The van der Waals surface area contributed by atoms with Crippen LogP contribution in [0, 0.1) is 0 Å². The Labute approximate surface area is 184 Å². The number of aromatic carboxylic acids is 1. The van der Waals surface area contributed by atoms with Gasteiger partial charge in [-0.2, -0.15) is 0 Å². The zero-order valence-electron chi connectivity index (χ0n) is 17.0. The Hall–Kier alpha value is -1.69. The number of carbonyl (C=O) groups excluding carboxylic acids is 1. The third kappa shape index (κ3) is 5.76. The molecule has 3 rings (SSSR count). The maximum Gasteiger partial charge on any atom is 0.336 e. The molecule has 2 aliphatic rings. The van der Waals surface area contributed by atoms with Gasteiger partial charge < -0.3 is 35.6 Å². The quantitative estimate of drug-likeness (QED) is 0.333. The SMILES string of the molecule is O=C(O)c1ccccc1C(=O)NC1CCCCC(S[C@@H]2OC(CO)[C@H](O)C(O)C2O)C1. The lowest BCUT2D eigenvalue weighted by molar-refractivity contribution is -0.205. The van der Waals surface area contributed by atoms with Gasteiger partial charge in [-0.05, 0) is 31.4 Å². The fourth-order valence-corrected chi connectivity index (χ4v) is 5.63. The number of aliphatic hydroxyl groups is 4. The van der Waals surface area contributed by atoms with Crippen LogP contribution in [0.2, 0.25) is 0 Å². The van der Waals surface area contributed by atoms with E-state index in [1.54, 1.807) is 12.1 Å². The molecular formula is C21H29NO8S. The maximum absolute atomic E-state index is 12.7. The number of ether oxygens (including phenoxy) is 1. The van der Waals surface area contributed by atoms with Crippen molar-refractivity contribution in [2.45, 2.75) is 73.2 Å². The predicted molar refractivity (Wildman–Crippen MR) is 113 cm³/mol. The van der Waals surface area contributed by atoms with Gasteiger partial charge in [0.15, 0.2) is 0 Å². The van der Waals surface area contributed by atoms with Gasteiger partial charge in [0.1, 0.15) is 29.9 Å². The van der Waals surface area contributed by atoms with Crippen LogP contribution in [0.4, 0.5) is 0 Å². The van der Waals surface area contributed by atoms with Crippen molar-refractivity contribution in [2.75, 3.05) is 6.61 Å². The first kappa shape index (κ1) is 24.0. The highest BCUT2D eigenvalue weighted by atomic mass is 32.2. The van der Waals surface area contributed by atoms with Crippen molar-refractivity contribution < 1.29 is 39.9 Å². The summed E-state index contributed by atoms with van der Waals surface area (Å²) in [5.74, 6) is -1.61. The number of amides is 1. The third-order valence-electron chi connectivity index (χ3n) is 5.79. The molecule has 5 unspecified atom stereocenters. The summed E-state index contributed by atoms with van der Waals surface area (Å²) in [7, 11) is 0. The van der Waals surface area contributed by atoms with E-state index in [4.69, 9.17) is 4.74 Å². The molecule has 1 saturated heterocycles. The summed E-state index contributed by atoms with van der Waals surface area (Å²) in [6.45, 7) is -0.478. The van der Waals surface area contributed by atoms with Gasteiger partial charge in [0.05, 0.1) is 17.7 Å². The molecule has 9 nitrogen and oxygen atoms in total. The molecular weight excluding hydrogens is 426 g/mol. The average Bonchev–Trinajstić information content (AvgIpc) is 2.98. The summed E-state index contributed by atoms with van der Waals surface area (Å²) >= 11 is 1.32. The summed E-state index contributed by atoms with van der Waals surface area (Å²) in [5, 5.41) is 51.9. The van der Waals surface area contributed by atoms with Gasteiger partial charge in [0.2, 0.25) is 0 Å². The van der Waals surface area contributed by atoms with Crippen LogP contribution in [0.5, 0.6) is 0 Å². The molecule has 1 aromatic rings. The van der Waals surface area contributed by atoms with Crippen molar-refractivity contribution in [3.05, 3.63) is 35.4 Å². The number of rotatable bonds is 6. The number of hydrogen-bond donors (Lipinski definition) is 6. The van der Waals surface area contributed by atoms with E-state index in [0.29, 0.717) is 6.42 Å². The Morgan fingerprint density at radius 2 is 1.71 bits per heavy atom. The number of thioether (sulfide) groups is 1. The number of hydrogen-bond acceptors (Lipinski definition) is 8. The fourth-order valence-electron chi connectivity index (χ4n) is 4.07. The third-order valence-corrected chi connectivity index (χ3v) is 7.26. The number of carboxylic acid groups (broad SMARTS) is 1. The largest absolute Gasteiger partial charge is 0.478 e. The van der Waals surface area contributed by atoms with Gasteiger partial charge in [0.25, 0.3) is 5.91 Å². The molecule has 10 heteroatoms. The molecule has 6 N–H and O–H groups in total. The smallest absolute Gasteiger partial charge is 0.336 e. The van der Waals surface area contributed by atoms with Crippen molar-refractivity contribution in [3.8, 4) is 0 Å². The number of carboxylic acids is 1. The minimum atomic E-state index is -1.42. The van der Waals surface area contributed by atoms with Crippen molar-refractivity contribution in [1.82, 2.24) is 5.32 Å². The predicted octanol–water partition coefficient (Wildman–Crippen LogP) is 0.349. The minimum Gasteiger partial charge on any atom is -0.478 e. The minimum absolute atomic E-state index is 0.00366. The normalized spacial score (nSPS) is 34.0. The standard InChI is InChI=1S/C21H29NO8S/c23-10-15-16(24)17(25)18(26)21(30-15)31-12-6-2-1-5-11(9-12)22-19(27)13-7-3-4-8-14(13)20(28)29/h3-4,7-8,11-12,15-18,21,23-26H,1-2,5-6,9-10H2,(H,22,27)(H,28,29)/t11?,12?,15?,16-,17?,18?,21-/m0/s1. The van der Waals surface area contributed by atoms with E-state index in [0.717, 1.165) is 25.7 Å². The van der Waals surface area contributed by atoms with E-state index in [9.17, 15) is 35.1 Å². The second-order valence-corrected chi connectivity index (χ2v) is 9.40. The first-order valence-corrected chi connectivity index (χ1v) is 11.3. The van der Waals surface area contributed by atoms with E-state index in [-0.39, 0.29) is 22.4 Å². The first-order chi connectivity index (χ1) is 14.8. The molecule has 0 spiro atoms. The molecule has 1 aliphatic heterocycles. The number of nitrogens with one attached hydrogen (secondary N) is 1. The van der Waals surface area contributed by atoms with Crippen LogP contribution in [0.15, 0.2) is 24.3 Å². The van der Waals surface area contributed by atoms with E-state index >= 15 is 0 Å². The summed E-state index contributed by atoms with van der Waals surface area (Å²) < 4.78 is 5.60. The van der Waals surface area contributed by atoms with Crippen LogP contribution >= 0.6 is 11.8 Å².